The second-order valence-corrected chi connectivity index (χ2v) is 4.99. The number of hydrogen-bond donors (Lipinski definition) is 2. The van der Waals surface area contributed by atoms with Gasteiger partial charge < -0.3 is 19.5 Å². The zero-order valence-electron chi connectivity index (χ0n) is 12.2. The smallest absolute Gasteiger partial charge is 0.180 e. The van der Waals surface area contributed by atoms with Crippen LogP contribution < -0.4 is 10.6 Å². The fourth-order valence-electron chi connectivity index (χ4n) is 2.31. The van der Waals surface area contributed by atoms with E-state index in [-0.39, 0.29) is 6.04 Å². The van der Waals surface area contributed by atoms with E-state index < -0.39 is 0 Å². The normalized spacial score (nSPS) is 12.5. The molecule has 3 aromatic rings. The maximum absolute atomic E-state index is 5.38. The summed E-state index contributed by atoms with van der Waals surface area (Å²) in [5.74, 6) is 2.56. The second kappa shape index (κ2) is 5.87. The molecular weight excluding hydrogens is 266 g/mol. The molecule has 0 radical (unpaired) electrons. The summed E-state index contributed by atoms with van der Waals surface area (Å²) in [4.78, 5) is 8.95. The minimum absolute atomic E-state index is 0.195. The maximum atomic E-state index is 5.38. The largest absolute Gasteiger partial charge is 0.469 e. The lowest BCUT2D eigenvalue weighted by Gasteiger charge is -2.15. The fourth-order valence-corrected chi connectivity index (χ4v) is 2.31. The van der Waals surface area contributed by atoms with E-state index in [0.717, 1.165) is 36.0 Å². The van der Waals surface area contributed by atoms with Gasteiger partial charge in [0.15, 0.2) is 11.5 Å². The summed E-state index contributed by atoms with van der Waals surface area (Å²) in [6.45, 7) is 4.98. The Bertz CT molecular complexity index is 704. The van der Waals surface area contributed by atoms with Crippen LogP contribution >= 0.6 is 0 Å². The van der Waals surface area contributed by atoms with Gasteiger partial charge in [-0.1, -0.05) is 0 Å². The Morgan fingerprint density at radius 2 is 2.33 bits per heavy atom. The van der Waals surface area contributed by atoms with Gasteiger partial charge in [-0.25, -0.2) is 9.97 Å². The third-order valence-electron chi connectivity index (χ3n) is 3.20. The third-order valence-corrected chi connectivity index (χ3v) is 3.20. The lowest BCUT2D eigenvalue weighted by Crippen LogP contribution is -2.19. The van der Waals surface area contributed by atoms with Crippen molar-refractivity contribution < 1.29 is 4.42 Å². The van der Waals surface area contributed by atoms with E-state index in [1.165, 1.54) is 0 Å². The average Bonchev–Trinajstić information content (AvgIpc) is 3.09. The van der Waals surface area contributed by atoms with Crippen molar-refractivity contribution in [3.8, 4) is 0 Å². The van der Waals surface area contributed by atoms with Crippen molar-refractivity contribution in [1.82, 2.24) is 14.4 Å². The number of nitrogens with zero attached hydrogens (tertiary/aromatic N) is 3. The number of imidazole rings is 1. The van der Waals surface area contributed by atoms with Crippen LogP contribution in [0.3, 0.4) is 0 Å². The molecule has 0 aromatic carbocycles. The fraction of sp³-hybridized carbons (Fsp3) is 0.333. The Labute approximate surface area is 123 Å². The van der Waals surface area contributed by atoms with Crippen LogP contribution in [0, 0.1) is 0 Å². The van der Waals surface area contributed by atoms with E-state index in [4.69, 9.17) is 4.42 Å². The summed E-state index contributed by atoms with van der Waals surface area (Å²) >= 11 is 0. The zero-order chi connectivity index (χ0) is 14.7. The van der Waals surface area contributed by atoms with Crippen LogP contribution in [0.25, 0.3) is 5.65 Å². The first kappa shape index (κ1) is 13.5. The molecular formula is C15H19N5O. The number of aromatic nitrogens is 3. The molecule has 3 rings (SSSR count). The SMILES string of the molecule is CCNc1cn2ccnc2c(NC(C)Cc2ccco2)n1. The third kappa shape index (κ3) is 2.99. The Morgan fingerprint density at radius 3 is 3.10 bits per heavy atom. The summed E-state index contributed by atoms with van der Waals surface area (Å²) in [5, 5.41) is 6.64. The van der Waals surface area contributed by atoms with E-state index in [0.29, 0.717) is 0 Å². The van der Waals surface area contributed by atoms with E-state index in [1.807, 2.05) is 35.9 Å². The van der Waals surface area contributed by atoms with Gasteiger partial charge in [-0.05, 0) is 26.0 Å². The number of rotatable bonds is 6. The Hall–Kier alpha value is -2.50. The molecule has 0 aliphatic carbocycles. The van der Waals surface area contributed by atoms with Crippen molar-refractivity contribution >= 4 is 17.3 Å². The van der Waals surface area contributed by atoms with E-state index >= 15 is 0 Å². The van der Waals surface area contributed by atoms with Crippen LogP contribution in [0.2, 0.25) is 0 Å². The first-order valence-electron chi connectivity index (χ1n) is 7.12. The molecule has 1 atom stereocenters. The molecule has 2 N–H and O–H groups in total. The van der Waals surface area contributed by atoms with Crippen LogP contribution in [-0.4, -0.2) is 27.0 Å². The van der Waals surface area contributed by atoms with Gasteiger partial charge >= 0.3 is 0 Å². The molecule has 0 saturated heterocycles. The lowest BCUT2D eigenvalue weighted by molar-refractivity contribution is 0.497. The quantitative estimate of drug-likeness (QED) is 0.729. The van der Waals surface area contributed by atoms with Crippen molar-refractivity contribution in [2.75, 3.05) is 17.2 Å². The number of hydrogen-bond acceptors (Lipinski definition) is 5. The molecule has 6 nitrogen and oxygen atoms in total. The summed E-state index contributed by atoms with van der Waals surface area (Å²) in [5.41, 5.74) is 0.822. The Kier molecular flexibility index (Phi) is 3.77. The summed E-state index contributed by atoms with van der Waals surface area (Å²) in [6.07, 6.45) is 8.12. The highest BCUT2D eigenvalue weighted by atomic mass is 16.3. The van der Waals surface area contributed by atoms with Gasteiger partial charge in [-0.15, -0.1) is 0 Å². The molecule has 6 heteroatoms. The predicted octanol–water partition coefficient (Wildman–Crippen LogP) is 2.80. The summed E-state index contributed by atoms with van der Waals surface area (Å²) in [7, 11) is 0. The summed E-state index contributed by atoms with van der Waals surface area (Å²) in [6, 6.07) is 4.08. The number of fused-ring (bicyclic) bond motifs is 1. The van der Waals surface area contributed by atoms with Gasteiger partial charge in [-0.3, -0.25) is 0 Å². The van der Waals surface area contributed by atoms with Gasteiger partial charge in [0.05, 0.1) is 12.5 Å². The first-order chi connectivity index (χ1) is 10.3. The van der Waals surface area contributed by atoms with Crippen LogP contribution in [0.1, 0.15) is 19.6 Å². The monoisotopic (exact) mass is 285 g/mol. The zero-order valence-corrected chi connectivity index (χ0v) is 12.2. The Balaban J connectivity index is 1.83. The molecule has 110 valence electrons. The average molecular weight is 285 g/mol. The van der Waals surface area contributed by atoms with Crippen LogP contribution in [0.4, 0.5) is 11.6 Å². The van der Waals surface area contributed by atoms with Crippen LogP contribution in [0.5, 0.6) is 0 Å². The Morgan fingerprint density at radius 1 is 1.43 bits per heavy atom. The molecule has 0 spiro atoms. The van der Waals surface area contributed by atoms with E-state index in [9.17, 15) is 0 Å². The summed E-state index contributed by atoms with van der Waals surface area (Å²) < 4.78 is 7.35. The molecule has 0 saturated carbocycles. The lowest BCUT2D eigenvalue weighted by atomic mass is 10.2. The van der Waals surface area contributed by atoms with Crippen molar-refractivity contribution in [2.45, 2.75) is 26.3 Å². The van der Waals surface area contributed by atoms with Crippen LogP contribution in [0.15, 0.2) is 41.4 Å². The molecule has 3 aromatic heterocycles. The molecule has 21 heavy (non-hydrogen) atoms. The molecule has 0 aliphatic rings. The second-order valence-electron chi connectivity index (χ2n) is 4.99. The number of anilines is 2. The molecule has 1 unspecified atom stereocenters. The minimum Gasteiger partial charge on any atom is -0.469 e. The maximum Gasteiger partial charge on any atom is 0.180 e. The van der Waals surface area contributed by atoms with Crippen LogP contribution in [-0.2, 0) is 6.42 Å². The molecule has 0 bridgehead atoms. The van der Waals surface area contributed by atoms with Gasteiger partial charge in [0, 0.05) is 31.4 Å². The topological polar surface area (TPSA) is 67.4 Å². The van der Waals surface area contributed by atoms with Crippen molar-refractivity contribution in [3.63, 3.8) is 0 Å². The highest BCUT2D eigenvalue weighted by molar-refractivity contribution is 5.65. The first-order valence-corrected chi connectivity index (χ1v) is 7.12. The van der Waals surface area contributed by atoms with Crippen molar-refractivity contribution in [3.05, 3.63) is 42.7 Å². The van der Waals surface area contributed by atoms with Gasteiger partial charge in [-0.2, -0.15) is 0 Å². The highest BCUT2D eigenvalue weighted by Gasteiger charge is 2.11. The van der Waals surface area contributed by atoms with Gasteiger partial charge in [0.1, 0.15) is 11.6 Å². The van der Waals surface area contributed by atoms with E-state index in [2.05, 4.69) is 27.5 Å². The highest BCUT2D eigenvalue weighted by Crippen LogP contribution is 2.18. The van der Waals surface area contributed by atoms with E-state index in [1.54, 1.807) is 12.5 Å². The molecule has 3 heterocycles. The van der Waals surface area contributed by atoms with Gasteiger partial charge in [0.2, 0.25) is 0 Å². The molecule has 0 amide bonds. The molecule has 0 fully saturated rings. The molecule has 0 aliphatic heterocycles. The van der Waals surface area contributed by atoms with Crippen molar-refractivity contribution in [2.24, 2.45) is 0 Å². The van der Waals surface area contributed by atoms with Crippen molar-refractivity contribution in [1.29, 1.82) is 0 Å². The number of furan rings is 1. The minimum atomic E-state index is 0.195. The predicted molar refractivity (Wildman–Crippen MR) is 82.6 cm³/mol. The standard InChI is InChI=1S/C15H19N5O/c1-3-16-13-10-20-7-6-17-15(20)14(19-13)18-11(2)9-12-5-4-8-21-12/h4-8,10-11,16H,3,9H2,1-2H3,(H,18,19). The van der Waals surface area contributed by atoms with Gasteiger partial charge in [0.25, 0.3) is 0 Å². The number of nitrogens with one attached hydrogen (secondary N) is 2.